The maximum absolute atomic E-state index is 12.0. The van der Waals surface area contributed by atoms with Crippen molar-refractivity contribution in [2.45, 2.75) is 58.0 Å². The van der Waals surface area contributed by atoms with Crippen LogP contribution in [-0.4, -0.2) is 31.6 Å². The van der Waals surface area contributed by atoms with Crippen molar-refractivity contribution in [3.8, 4) is 0 Å². The number of methoxy groups -OCH3 is 1. The summed E-state index contributed by atoms with van der Waals surface area (Å²) in [5.74, 6) is 0.0697. The molecule has 0 aliphatic heterocycles. The van der Waals surface area contributed by atoms with Crippen LogP contribution in [0.1, 0.15) is 51.9 Å². The Morgan fingerprint density at radius 1 is 1.17 bits per heavy atom. The Labute approximate surface area is 109 Å². The summed E-state index contributed by atoms with van der Waals surface area (Å²) < 4.78 is 10.2. The zero-order valence-electron chi connectivity index (χ0n) is 11.4. The molecule has 0 amide bonds. The fraction of sp³-hybridized carbons (Fsp3) is 0.857. The molecule has 18 heavy (non-hydrogen) atoms. The van der Waals surface area contributed by atoms with Gasteiger partial charge in [-0.15, -0.1) is 0 Å². The molecule has 0 bridgehead atoms. The standard InChI is InChI=1S/C14H24O4/c1-3-18-13(16)10-9-12(15)14(17-2)11-7-5-4-6-8-11/h11,14H,3-10H2,1-2H3. The Hall–Kier alpha value is -0.900. The molecular weight excluding hydrogens is 232 g/mol. The molecule has 1 saturated carbocycles. The molecule has 4 nitrogen and oxygen atoms in total. The molecule has 0 radical (unpaired) electrons. The van der Waals surface area contributed by atoms with E-state index in [1.165, 1.54) is 19.3 Å². The maximum Gasteiger partial charge on any atom is 0.306 e. The van der Waals surface area contributed by atoms with Crippen molar-refractivity contribution < 1.29 is 19.1 Å². The molecule has 0 heterocycles. The van der Waals surface area contributed by atoms with Gasteiger partial charge in [0.15, 0.2) is 5.78 Å². The van der Waals surface area contributed by atoms with Crippen molar-refractivity contribution in [2.75, 3.05) is 13.7 Å². The van der Waals surface area contributed by atoms with Gasteiger partial charge in [-0.2, -0.15) is 0 Å². The van der Waals surface area contributed by atoms with E-state index in [4.69, 9.17) is 9.47 Å². The fourth-order valence-corrected chi connectivity index (χ4v) is 2.62. The third kappa shape index (κ3) is 4.77. The molecule has 0 spiro atoms. The van der Waals surface area contributed by atoms with Crippen LogP contribution < -0.4 is 0 Å². The molecule has 1 atom stereocenters. The number of hydrogen-bond acceptors (Lipinski definition) is 4. The number of Topliss-reactive ketones (excluding diaryl/α,β-unsaturated/α-hetero) is 1. The quantitative estimate of drug-likeness (QED) is 0.657. The number of esters is 1. The lowest BCUT2D eigenvalue weighted by Gasteiger charge is -2.28. The van der Waals surface area contributed by atoms with Crippen LogP contribution in [-0.2, 0) is 19.1 Å². The molecule has 1 aliphatic rings. The van der Waals surface area contributed by atoms with E-state index in [9.17, 15) is 9.59 Å². The molecule has 1 rings (SSSR count). The van der Waals surface area contributed by atoms with Gasteiger partial charge < -0.3 is 9.47 Å². The summed E-state index contributed by atoms with van der Waals surface area (Å²) in [7, 11) is 1.58. The van der Waals surface area contributed by atoms with Crippen LogP contribution in [0.25, 0.3) is 0 Å². The number of carbonyl (C=O) groups is 2. The third-order valence-corrected chi connectivity index (χ3v) is 3.53. The van der Waals surface area contributed by atoms with Crippen LogP contribution in [0.4, 0.5) is 0 Å². The lowest BCUT2D eigenvalue weighted by atomic mass is 9.83. The second kappa shape index (κ2) is 8.25. The van der Waals surface area contributed by atoms with E-state index in [-0.39, 0.29) is 30.7 Å². The van der Waals surface area contributed by atoms with Gasteiger partial charge in [0.1, 0.15) is 6.10 Å². The fourth-order valence-electron chi connectivity index (χ4n) is 2.62. The van der Waals surface area contributed by atoms with Gasteiger partial charge >= 0.3 is 5.97 Å². The summed E-state index contributed by atoms with van der Waals surface area (Å²) in [6, 6.07) is 0. The lowest BCUT2D eigenvalue weighted by Crippen LogP contribution is -2.33. The highest BCUT2D eigenvalue weighted by Crippen LogP contribution is 2.28. The minimum atomic E-state index is -0.334. The zero-order chi connectivity index (χ0) is 13.4. The van der Waals surface area contributed by atoms with E-state index in [2.05, 4.69) is 0 Å². The Balaban J connectivity index is 2.38. The van der Waals surface area contributed by atoms with Gasteiger partial charge in [-0.25, -0.2) is 0 Å². The second-order valence-electron chi connectivity index (χ2n) is 4.83. The average molecular weight is 256 g/mol. The predicted molar refractivity (Wildman–Crippen MR) is 68.2 cm³/mol. The number of ether oxygens (including phenoxy) is 2. The van der Waals surface area contributed by atoms with E-state index in [0.717, 1.165) is 12.8 Å². The number of ketones is 1. The highest BCUT2D eigenvalue weighted by molar-refractivity contribution is 5.86. The summed E-state index contributed by atoms with van der Waals surface area (Å²) in [4.78, 5) is 23.3. The number of carbonyl (C=O) groups excluding carboxylic acids is 2. The third-order valence-electron chi connectivity index (χ3n) is 3.53. The molecule has 1 fully saturated rings. The number of rotatable bonds is 7. The van der Waals surface area contributed by atoms with Gasteiger partial charge in [0.25, 0.3) is 0 Å². The molecule has 0 N–H and O–H groups in total. The van der Waals surface area contributed by atoms with Gasteiger partial charge in [-0.1, -0.05) is 19.3 Å². The highest BCUT2D eigenvalue weighted by Gasteiger charge is 2.29. The Morgan fingerprint density at radius 2 is 1.83 bits per heavy atom. The Bertz CT molecular complexity index is 269. The van der Waals surface area contributed by atoms with Crippen LogP contribution in [0.2, 0.25) is 0 Å². The van der Waals surface area contributed by atoms with Gasteiger partial charge in [0, 0.05) is 13.5 Å². The summed E-state index contributed by atoms with van der Waals surface area (Å²) in [5.41, 5.74) is 0. The van der Waals surface area contributed by atoms with Crippen molar-refractivity contribution in [2.24, 2.45) is 5.92 Å². The van der Waals surface area contributed by atoms with Crippen LogP contribution >= 0.6 is 0 Å². The Kier molecular flexibility index (Phi) is 6.94. The smallest absolute Gasteiger partial charge is 0.306 e. The van der Waals surface area contributed by atoms with Crippen LogP contribution in [0, 0.1) is 5.92 Å². The van der Waals surface area contributed by atoms with Crippen LogP contribution in [0.15, 0.2) is 0 Å². The van der Waals surface area contributed by atoms with Crippen LogP contribution in [0.3, 0.4) is 0 Å². The first-order valence-corrected chi connectivity index (χ1v) is 6.90. The largest absolute Gasteiger partial charge is 0.466 e. The van der Waals surface area contributed by atoms with Crippen molar-refractivity contribution in [1.29, 1.82) is 0 Å². The molecule has 0 aromatic rings. The lowest BCUT2D eigenvalue weighted by molar-refractivity contribution is -0.145. The minimum absolute atomic E-state index is 0.0393. The molecule has 0 aromatic carbocycles. The van der Waals surface area contributed by atoms with Gasteiger partial charge in [0.05, 0.1) is 13.0 Å². The average Bonchev–Trinajstić information content (AvgIpc) is 2.39. The van der Waals surface area contributed by atoms with E-state index in [1.54, 1.807) is 14.0 Å². The topological polar surface area (TPSA) is 52.6 Å². The first-order chi connectivity index (χ1) is 8.69. The molecule has 1 unspecified atom stereocenters. The predicted octanol–water partition coefficient (Wildman–Crippen LogP) is 2.49. The van der Waals surface area contributed by atoms with E-state index in [0.29, 0.717) is 12.5 Å². The second-order valence-corrected chi connectivity index (χ2v) is 4.83. The van der Waals surface area contributed by atoms with Crippen molar-refractivity contribution in [3.63, 3.8) is 0 Å². The monoisotopic (exact) mass is 256 g/mol. The summed E-state index contributed by atoms with van der Waals surface area (Å²) in [6.07, 6.45) is 5.79. The zero-order valence-corrected chi connectivity index (χ0v) is 11.4. The van der Waals surface area contributed by atoms with Crippen molar-refractivity contribution in [1.82, 2.24) is 0 Å². The summed E-state index contributed by atoms with van der Waals surface area (Å²) >= 11 is 0. The Morgan fingerprint density at radius 3 is 2.39 bits per heavy atom. The SMILES string of the molecule is CCOC(=O)CCC(=O)C(OC)C1CCCCC1. The number of hydrogen-bond donors (Lipinski definition) is 0. The van der Waals surface area contributed by atoms with Gasteiger partial charge in [-0.3, -0.25) is 9.59 Å². The normalized spacial score (nSPS) is 18.3. The molecule has 1 aliphatic carbocycles. The van der Waals surface area contributed by atoms with E-state index in [1.807, 2.05) is 0 Å². The molecular formula is C14H24O4. The maximum atomic E-state index is 12.0. The van der Waals surface area contributed by atoms with Crippen molar-refractivity contribution >= 4 is 11.8 Å². The molecule has 104 valence electrons. The molecule has 0 aromatic heterocycles. The van der Waals surface area contributed by atoms with E-state index >= 15 is 0 Å². The van der Waals surface area contributed by atoms with Gasteiger partial charge in [0.2, 0.25) is 0 Å². The molecule has 4 heteroatoms. The van der Waals surface area contributed by atoms with Gasteiger partial charge in [-0.05, 0) is 25.7 Å². The van der Waals surface area contributed by atoms with E-state index < -0.39 is 0 Å². The van der Waals surface area contributed by atoms with Crippen molar-refractivity contribution in [3.05, 3.63) is 0 Å². The molecule has 0 saturated heterocycles. The highest BCUT2D eigenvalue weighted by atomic mass is 16.5. The van der Waals surface area contributed by atoms with Crippen LogP contribution in [0.5, 0.6) is 0 Å². The summed E-state index contributed by atoms with van der Waals surface area (Å²) in [6.45, 7) is 2.13. The first-order valence-electron chi connectivity index (χ1n) is 6.90. The summed E-state index contributed by atoms with van der Waals surface area (Å²) in [5, 5.41) is 0. The minimum Gasteiger partial charge on any atom is -0.466 e. The first kappa shape index (κ1) is 15.2.